The highest BCUT2D eigenvalue weighted by molar-refractivity contribution is 5.67. The first-order valence-corrected chi connectivity index (χ1v) is 7.24. The molecule has 1 aromatic carbocycles. The van der Waals surface area contributed by atoms with E-state index in [9.17, 15) is 0 Å². The van der Waals surface area contributed by atoms with Crippen molar-refractivity contribution in [3.8, 4) is 0 Å². The lowest BCUT2D eigenvalue weighted by Crippen LogP contribution is -2.26. The van der Waals surface area contributed by atoms with Crippen LogP contribution in [-0.2, 0) is 6.42 Å². The molecule has 3 rings (SSSR count). The van der Waals surface area contributed by atoms with Crippen molar-refractivity contribution in [2.75, 3.05) is 11.4 Å². The first kappa shape index (κ1) is 13.1. The van der Waals surface area contributed by atoms with E-state index in [1.165, 1.54) is 23.2 Å². The molecular weight excluding hydrogens is 246 g/mol. The Morgan fingerprint density at radius 2 is 2.10 bits per heavy atom. The molecule has 1 aliphatic rings. The van der Waals surface area contributed by atoms with Gasteiger partial charge in [-0.15, -0.1) is 0 Å². The van der Waals surface area contributed by atoms with Gasteiger partial charge >= 0.3 is 0 Å². The Morgan fingerprint density at radius 1 is 1.30 bits per heavy atom. The van der Waals surface area contributed by atoms with E-state index >= 15 is 0 Å². The van der Waals surface area contributed by atoms with Gasteiger partial charge in [-0.25, -0.2) is 4.98 Å². The average molecular weight is 267 g/mol. The predicted octanol–water partition coefficient (Wildman–Crippen LogP) is 3.49. The van der Waals surface area contributed by atoms with Crippen molar-refractivity contribution >= 4 is 11.5 Å². The molecule has 1 aliphatic heterocycles. The lowest BCUT2D eigenvalue weighted by Gasteiger charge is -2.31. The van der Waals surface area contributed by atoms with Gasteiger partial charge in [-0.1, -0.05) is 18.2 Å². The minimum Gasteiger partial charge on any atom is -0.326 e. The molecule has 1 atom stereocenters. The summed E-state index contributed by atoms with van der Waals surface area (Å²) >= 11 is 0. The first-order valence-electron chi connectivity index (χ1n) is 7.24. The molecular formula is C17H21N3. The fraction of sp³-hybridized carbons (Fsp3) is 0.353. The molecule has 3 nitrogen and oxygen atoms in total. The van der Waals surface area contributed by atoms with Crippen LogP contribution in [0.4, 0.5) is 11.5 Å². The monoisotopic (exact) mass is 267 g/mol. The normalized spacial score (nSPS) is 15.8. The maximum atomic E-state index is 5.93. The van der Waals surface area contributed by atoms with Crippen molar-refractivity contribution in [2.24, 2.45) is 5.73 Å². The summed E-state index contributed by atoms with van der Waals surface area (Å²) in [6.45, 7) is 5.14. The van der Waals surface area contributed by atoms with Gasteiger partial charge in [0.1, 0.15) is 5.82 Å². The summed E-state index contributed by atoms with van der Waals surface area (Å²) in [4.78, 5) is 7.00. The van der Waals surface area contributed by atoms with E-state index in [1.807, 2.05) is 13.1 Å². The van der Waals surface area contributed by atoms with Crippen molar-refractivity contribution in [2.45, 2.75) is 32.7 Å². The predicted molar refractivity (Wildman–Crippen MR) is 83.3 cm³/mol. The highest BCUT2D eigenvalue weighted by atomic mass is 15.2. The summed E-state index contributed by atoms with van der Waals surface area (Å²) in [6, 6.07) is 10.8. The van der Waals surface area contributed by atoms with Crippen LogP contribution in [0.25, 0.3) is 0 Å². The second-order valence-corrected chi connectivity index (χ2v) is 5.58. The summed E-state index contributed by atoms with van der Waals surface area (Å²) in [5.41, 5.74) is 10.9. The van der Waals surface area contributed by atoms with Gasteiger partial charge in [0, 0.05) is 24.5 Å². The standard InChI is InChI=1S/C17H21N3/c1-12-10-15(13(2)18)11-19-17(12)20-9-5-7-14-6-3-4-8-16(14)20/h3-4,6,8,10-11,13H,5,7,9,18H2,1-2H3/t13-/m1/s1. The van der Waals surface area contributed by atoms with E-state index in [4.69, 9.17) is 5.73 Å². The number of para-hydroxylation sites is 1. The molecule has 3 heteroatoms. The molecule has 0 aliphatic carbocycles. The van der Waals surface area contributed by atoms with Crippen LogP contribution < -0.4 is 10.6 Å². The van der Waals surface area contributed by atoms with Crippen LogP contribution in [0.3, 0.4) is 0 Å². The zero-order valence-corrected chi connectivity index (χ0v) is 12.1. The Bertz CT molecular complexity index is 619. The zero-order valence-electron chi connectivity index (χ0n) is 12.1. The summed E-state index contributed by atoms with van der Waals surface area (Å²) < 4.78 is 0. The molecule has 0 unspecified atom stereocenters. The number of pyridine rings is 1. The smallest absolute Gasteiger partial charge is 0.135 e. The second-order valence-electron chi connectivity index (χ2n) is 5.58. The third-order valence-corrected chi connectivity index (χ3v) is 3.96. The number of hydrogen-bond acceptors (Lipinski definition) is 3. The third-order valence-electron chi connectivity index (χ3n) is 3.96. The van der Waals surface area contributed by atoms with E-state index in [2.05, 4.69) is 47.1 Å². The molecule has 0 bridgehead atoms. The van der Waals surface area contributed by atoms with Gasteiger partial charge in [0.05, 0.1) is 0 Å². The molecule has 2 aromatic rings. The maximum absolute atomic E-state index is 5.93. The van der Waals surface area contributed by atoms with Gasteiger partial charge in [0.25, 0.3) is 0 Å². The Morgan fingerprint density at radius 3 is 2.85 bits per heavy atom. The van der Waals surface area contributed by atoms with Crippen molar-refractivity contribution in [3.05, 3.63) is 53.2 Å². The van der Waals surface area contributed by atoms with E-state index in [0.29, 0.717) is 0 Å². The zero-order chi connectivity index (χ0) is 14.1. The number of nitrogens with zero attached hydrogens (tertiary/aromatic N) is 2. The molecule has 0 amide bonds. The third kappa shape index (κ3) is 2.29. The average Bonchev–Trinajstić information content (AvgIpc) is 2.46. The molecule has 0 saturated heterocycles. The number of hydrogen-bond donors (Lipinski definition) is 1. The number of rotatable bonds is 2. The quantitative estimate of drug-likeness (QED) is 0.905. The van der Waals surface area contributed by atoms with Crippen LogP contribution in [0.15, 0.2) is 36.5 Å². The molecule has 0 spiro atoms. The van der Waals surface area contributed by atoms with Crippen LogP contribution in [0.2, 0.25) is 0 Å². The van der Waals surface area contributed by atoms with Crippen LogP contribution in [-0.4, -0.2) is 11.5 Å². The van der Waals surface area contributed by atoms with E-state index < -0.39 is 0 Å². The largest absolute Gasteiger partial charge is 0.326 e. The van der Waals surface area contributed by atoms with E-state index in [-0.39, 0.29) is 6.04 Å². The van der Waals surface area contributed by atoms with Crippen molar-refractivity contribution in [1.82, 2.24) is 4.98 Å². The molecule has 0 radical (unpaired) electrons. The van der Waals surface area contributed by atoms with Gasteiger partial charge in [0.15, 0.2) is 0 Å². The van der Waals surface area contributed by atoms with E-state index in [0.717, 1.165) is 24.3 Å². The fourth-order valence-electron chi connectivity index (χ4n) is 2.87. The second kappa shape index (κ2) is 5.25. The molecule has 2 N–H and O–H groups in total. The number of aromatic nitrogens is 1. The number of aryl methyl sites for hydroxylation is 2. The SMILES string of the molecule is Cc1cc([C@@H](C)N)cnc1N1CCCc2ccccc21. The Kier molecular flexibility index (Phi) is 3.45. The number of fused-ring (bicyclic) bond motifs is 1. The summed E-state index contributed by atoms with van der Waals surface area (Å²) in [7, 11) is 0. The van der Waals surface area contributed by atoms with Crippen LogP contribution in [0.5, 0.6) is 0 Å². The fourth-order valence-corrected chi connectivity index (χ4v) is 2.87. The van der Waals surface area contributed by atoms with Crippen molar-refractivity contribution in [1.29, 1.82) is 0 Å². The van der Waals surface area contributed by atoms with Gasteiger partial charge in [-0.3, -0.25) is 0 Å². The van der Waals surface area contributed by atoms with Crippen LogP contribution >= 0.6 is 0 Å². The molecule has 1 aromatic heterocycles. The minimum absolute atomic E-state index is 0.0314. The maximum Gasteiger partial charge on any atom is 0.135 e. The highest BCUT2D eigenvalue weighted by Crippen LogP contribution is 2.34. The van der Waals surface area contributed by atoms with Gasteiger partial charge in [-0.2, -0.15) is 0 Å². The number of benzene rings is 1. The molecule has 2 heterocycles. The van der Waals surface area contributed by atoms with Crippen LogP contribution in [0, 0.1) is 6.92 Å². The lowest BCUT2D eigenvalue weighted by molar-refractivity contribution is 0.754. The Hall–Kier alpha value is -1.87. The topological polar surface area (TPSA) is 42.1 Å². The van der Waals surface area contributed by atoms with Crippen molar-refractivity contribution < 1.29 is 0 Å². The summed E-state index contributed by atoms with van der Waals surface area (Å²) in [6.07, 6.45) is 4.24. The Labute approximate surface area is 120 Å². The van der Waals surface area contributed by atoms with Gasteiger partial charge in [-0.05, 0) is 55.5 Å². The van der Waals surface area contributed by atoms with Crippen LogP contribution in [0.1, 0.15) is 36.1 Å². The number of anilines is 2. The molecule has 0 saturated carbocycles. The first-order chi connectivity index (χ1) is 9.66. The minimum atomic E-state index is 0.0314. The van der Waals surface area contributed by atoms with Gasteiger partial charge in [0.2, 0.25) is 0 Å². The van der Waals surface area contributed by atoms with Gasteiger partial charge < -0.3 is 10.6 Å². The Balaban J connectivity index is 2.02. The molecule has 20 heavy (non-hydrogen) atoms. The lowest BCUT2D eigenvalue weighted by atomic mass is 10.0. The highest BCUT2D eigenvalue weighted by Gasteiger charge is 2.20. The summed E-state index contributed by atoms with van der Waals surface area (Å²) in [5.74, 6) is 1.06. The molecule has 0 fully saturated rings. The summed E-state index contributed by atoms with van der Waals surface area (Å²) in [5, 5.41) is 0. The van der Waals surface area contributed by atoms with Crippen molar-refractivity contribution in [3.63, 3.8) is 0 Å². The molecule has 104 valence electrons. The van der Waals surface area contributed by atoms with E-state index in [1.54, 1.807) is 0 Å². The number of nitrogens with two attached hydrogens (primary N) is 1.